The molecule has 4 aliphatic rings. The van der Waals surface area contributed by atoms with E-state index in [1.54, 1.807) is 0 Å². The number of allylic oxidation sites excluding steroid dienone is 2. The molecule has 14 rings (SSSR count). The van der Waals surface area contributed by atoms with Crippen LogP contribution in [0.2, 0.25) is 0 Å². The quantitative estimate of drug-likeness (QED) is 0.150. The third-order valence-corrected chi connectivity index (χ3v) is 16.4. The molecular formula is C69H57N. The van der Waals surface area contributed by atoms with E-state index in [9.17, 15) is 0 Å². The highest BCUT2D eigenvalue weighted by molar-refractivity contribution is 6.25. The van der Waals surface area contributed by atoms with Gasteiger partial charge >= 0.3 is 0 Å². The van der Waals surface area contributed by atoms with Crippen molar-refractivity contribution in [3.05, 3.63) is 269 Å². The highest BCUT2D eigenvalue weighted by atomic mass is 15.2. The first-order valence-corrected chi connectivity index (χ1v) is 25.8. The van der Waals surface area contributed by atoms with Gasteiger partial charge in [0.15, 0.2) is 0 Å². The Morgan fingerprint density at radius 2 is 0.986 bits per heavy atom. The number of fused-ring (bicyclic) bond motifs is 14. The summed E-state index contributed by atoms with van der Waals surface area (Å²) in [6.07, 6.45) is 14.6. The Morgan fingerprint density at radius 1 is 0.429 bits per heavy atom. The molecule has 1 fully saturated rings. The molecule has 1 unspecified atom stereocenters. The maximum Gasteiger partial charge on any atom is 0.0714 e. The molecule has 1 nitrogen and oxygen atoms in total. The van der Waals surface area contributed by atoms with Crippen molar-refractivity contribution in [2.45, 2.75) is 69.2 Å². The summed E-state index contributed by atoms with van der Waals surface area (Å²) in [5, 5.41) is 7.86. The lowest BCUT2D eigenvalue weighted by Gasteiger charge is -2.38. The summed E-state index contributed by atoms with van der Waals surface area (Å²) in [7, 11) is 0. The zero-order chi connectivity index (χ0) is 46.8. The molecule has 10 aromatic rings. The Balaban J connectivity index is 0.00000237. The first kappa shape index (κ1) is 42.4. The van der Waals surface area contributed by atoms with Crippen LogP contribution in [0.1, 0.15) is 91.3 Å². The Morgan fingerprint density at radius 3 is 1.64 bits per heavy atom. The lowest BCUT2D eigenvalue weighted by atomic mass is 9.67. The predicted molar refractivity (Wildman–Crippen MR) is 297 cm³/mol. The van der Waals surface area contributed by atoms with E-state index in [0.717, 1.165) is 6.42 Å². The van der Waals surface area contributed by atoms with Crippen LogP contribution in [-0.2, 0) is 10.8 Å². The van der Waals surface area contributed by atoms with Crippen LogP contribution in [0, 0.1) is 0 Å². The minimum absolute atomic E-state index is 0.0578. The SMILES string of the molecule is C1=CC(N(c2ccc3c(c2)C(c2ccccc2)(c2ccccc2)c2ccccc2-3)c2cccc3c2-c2ccccc2C32CCCCC2)CC=C1c1ccc2c3ccccc3c3ccccc3c2c1.CC. The van der Waals surface area contributed by atoms with E-state index >= 15 is 0 Å². The molecule has 0 amide bonds. The molecule has 0 saturated heterocycles. The zero-order valence-corrected chi connectivity index (χ0v) is 40.2. The van der Waals surface area contributed by atoms with E-state index in [1.165, 1.54) is 143 Å². The first-order valence-electron chi connectivity index (χ1n) is 25.8. The van der Waals surface area contributed by atoms with Crippen molar-refractivity contribution < 1.29 is 0 Å². The standard InChI is InChI=1S/C67H51N.C2H6/c1-4-19-47(20-5-1)67(48-21-6-2-7-22-48)61-30-15-12-27-56(61)57-40-38-50(44-63(57)67)68(64-32-18-31-62-65(64)58-28-13-14-29-60(58)66(62)41-16-3-17-42-66)49-36-33-45(34-37-49)46-35-39-55-53-25-9-8-23-51(53)52-24-10-11-26-54(52)59(55)43-46;1-2/h1-2,4-15,18-36,38-40,43-44,49H,3,16-17,37,41-42H2;1-2H3. The fraction of sp³-hybridized carbons (Fsp3) is 0.159. The summed E-state index contributed by atoms with van der Waals surface area (Å²) < 4.78 is 0. The Hall–Kier alpha value is -7.74. The van der Waals surface area contributed by atoms with Crippen molar-refractivity contribution >= 4 is 49.3 Å². The Kier molecular flexibility index (Phi) is 10.3. The van der Waals surface area contributed by atoms with Crippen molar-refractivity contribution in [1.29, 1.82) is 0 Å². The highest BCUT2D eigenvalue weighted by Crippen LogP contribution is 2.60. The minimum Gasteiger partial charge on any atom is -0.334 e. The molecule has 10 aromatic carbocycles. The second-order valence-electron chi connectivity index (χ2n) is 19.7. The van der Waals surface area contributed by atoms with Crippen LogP contribution in [0.3, 0.4) is 0 Å². The molecule has 338 valence electrons. The number of hydrogen-bond donors (Lipinski definition) is 0. The Labute approximate surface area is 413 Å². The van der Waals surface area contributed by atoms with Crippen molar-refractivity contribution in [2.24, 2.45) is 0 Å². The molecule has 1 atom stereocenters. The van der Waals surface area contributed by atoms with Crippen molar-refractivity contribution in [1.82, 2.24) is 0 Å². The van der Waals surface area contributed by atoms with E-state index in [1.807, 2.05) is 13.8 Å². The fourth-order valence-electron chi connectivity index (χ4n) is 13.6. The van der Waals surface area contributed by atoms with Gasteiger partial charge in [-0.1, -0.05) is 239 Å². The van der Waals surface area contributed by atoms with Crippen LogP contribution in [0.15, 0.2) is 231 Å². The topological polar surface area (TPSA) is 3.24 Å². The maximum absolute atomic E-state index is 2.71. The van der Waals surface area contributed by atoms with E-state index in [0.29, 0.717) is 0 Å². The second-order valence-corrected chi connectivity index (χ2v) is 19.7. The largest absolute Gasteiger partial charge is 0.334 e. The average molecular weight is 900 g/mol. The normalized spacial score (nSPS) is 16.8. The molecule has 70 heavy (non-hydrogen) atoms. The lowest BCUT2D eigenvalue weighted by molar-refractivity contribution is 0.353. The number of anilines is 2. The molecule has 1 saturated carbocycles. The number of rotatable bonds is 6. The van der Waals surface area contributed by atoms with Gasteiger partial charge in [0.25, 0.3) is 0 Å². The predicted octanol–water partition coefficient (Wildman–Crippen LogP) is 18.3. The monoisotopic (exact) mass is 899 g/mol. The van der Waals surface area contributed by atoms with Gasteiger partial charge < -0.3 is 4.90 Å². The molecule has 0 aliphatic heterocycles. The molecule has 0 N–H and O–H groups in total. The van der Waals surface area contributed by atoms with Crippen LogP contribution in [0.4, 0.5) is 11.4 Å². The molecule has 4 aliphatic carbocycles. The molecule has 0 aromatic heterocycles. The van der Waals surface area contributed by atoms with Crippen LogP contribution >= 0.6 is 0 Å². The highest BCUT2D eigenvalue weighted by Gasteiger charge is 2.48. The smallest absolute Gasteiger partial charge is 0.0714 e. The summed E-state index contributed by atoms with van der Waals surface area (Å²) in [6.45, 7) is 4.00. The summed E-state index contributed by atoms with van der Waals surface area (Å²) in [5.41, 5.74) is 18.4. The third kappa shape index (κ3) is 6.23. The number of nitrogens with zero attached hydrogens (tertiary/aromatic N) is 1. The molecule has 0 heterocycles. The van der Waals surface area contributed by atoms with Crippen molar-refractivity contribution in [3.63, 3.8) is 0 Å². The van der Waals surface area contributed by atoms with Crippen LogP contribution < -0.4 is 4.90 Å². The van der Waals surface area contributed by atoms with Gasteiger partial charge in [-0.2, -0.15) is 0 Å². The third-order valence-electron chi connectivity index (χ3n) is 16.4. The van der Waals surface area contributed by atoms with Crippen LogP contribution in [0.5, 0.6) is 0 Å². The molecule has 0 bridgehead atoms. The van der Waals surface area contributed by atoms with E-state index in [-0.39, 0.29) is 11.5 Å². The summed E-state index contributed by atoms with van der Waals surface area (Å²) in [6, 6.07) is 80.7. The van der Waals surface area contributed by atoms with Crippen molar-refractivity contribution in [2.75, 3.05) is 4.90 Å². The molecule has 1 heteroatoms. The van der Waals surface area contributed by atoms with Gasteiger partial charge in [0.1, 0.15) is 0 Å². The van der Waals surface area contributed by atoms with Gasteiger partial charge in [0, 0.05) is 22.4 Å². The van der Waals surface area contributed by atoms with Crippen LogP contribution in [0.25, 0.3) is 60.1 Å². The van der Waals surface area contributed by atoms with Crippen LogP contribution in [-0.4, -0.2) is 6.04 Å². The van der Waals surface area contributed by atoms with Crippen molar-refractivity contribution in [3.8, 4) is 22.3 Å². The van der Waals surface area contributed by atoms with Gasteiger partial charge in [0.2, 0.25) is 0 Å². The maximum atomic E-state index is 2.71. The molecular weight excluding hydrogens is 843 g/mol. The summed E-state index contributed by atoms with van der Waals surface area (Å²) in [4.78, 5) is 2.71. The van der Waals surface area contributed by atoms with Gasteiger partial charge in [-0.25, -0.2) is 0 Å². The first-order chi connectivity index (χ1) is 34.7. The lowest BCUT2D eigenvalue weighted by Crippen LogP contribution is -2.32. The van der Waals surface area contributed by atoms with Gasteiger partial charge in [-0.15, -0.1) is 0 Å². The molecule has 1 spiro atoms. The summed E-state index contributed by atoms with van der Waals surface area (Å²) >= 11 is 0. The number of benzene rings is 10. The zero-order valence-electron chi connectivity index (χ0n) is 40.2. The van der Waals surface area contributed by atoms with E-state index in [4.69, 9.17) is 0 Å². The van der Waals surface area contributed by atoms with E-state index < -0.39 is 5.41 Å². The minimum atomic E-state index is -0.491. The van der Waals surface area contributed by atoms with Gasteiger partial charge in [0.05, 0.1) is 11.5 Å². The second kappa shape index (κ2) is 17.0. The number of hydrogen-bond acceptors (Lipinski definition) is 1. The van der Waals surface area contributed by atoms with Gasteiger partial charge in [-0.3, -0.25) is 0 Å². The summed E-state index contributed by atoms with van der Waals surface area (Å²) in [5.74, 6) is 0. The average Bonchev–Trinajstić information content (AvgIpc) is 3.89. The van der Waals surface area contributed by atoms with E-state index in [2.05, 4.69) is 235 Å². The Bertz CT molecular complexity index is 3620. The molecule has 0 radical (unpaired) electrons. The fourth-order valence-corrected chi connectivity index (χ4v) is 13.6. The van der Waals surface area contributed by atoms with Gasteiger partial charge in [-0.05, 0) is 137 Å².